The number of amides is 1. The average molecular weight is 417 g/mol. The molecule has 1 amide bonds. The van der Waals surface area contributed by atoms with E-state index in [4.69, 9.17) is 9.47 Å². The van der Waals surface area contributed by atoms with Gasteiger partial charge in [-0.1, -0.05) is 18.2 Å². The molecule has 0 aliphatic rings. The molecule has 8 heteroatoms. The van der Waals surface area contributed by atoms with E-state index in [2.05, 4.69) is 25.7 Å². The van der Waals surface area contributed by atoms with Crippen molar-refractivity contribution in [3.05, 3.63) is 66.0 Å². The number of aromatic nitrogens is 3. The zero-order chi connectivity index (χ0) is 21.8. The molecule has 0 radical (unpaired) electrons. The van der Waals surface area contributed by atoms with Crippen LogP contribution in [0.1, 0.15) is 29.9 Å². The van der Waals surface area contributed by atoms with Gasteiger partial charge in [-0.3, -0.25) is 9.89 Å². The topological polar surface area (TPSA) is 104 Å². The minimum absolute atomic E-state index is 0.0326. The van der Waals surface area contributed by atoms with E-state index in [-0.39, 0.29) is 12.0 Å². The number of carbonyl (C=O) groups excluding carboxylic acids is 1. The molecule has 0 saturated carbocycles. The number of carbonyl (C=O) groups is 1. The molecule has 4 aromatic rings. The van der Waals surface area contributed by atoms with Gasteiger partial charge in [-0.05, 0) is 44.2 Å². The fourth-order valence-corrected chi connectivity index (χ4v) is 3.19. The number of nitrogens with one attached hydrogen (secondary N) is 3. The molecule has 4 rings (SSSR count). The van der Waals surface area contributed by atoms with Gasteiger partial charge in [-0.25, -0.2) is 5.43 Å². The predicted molar refractivity (Wildman–Crippen MR) is 120 cm³/mol. The molecule has 2 aromatic carbocycles. The summed E-state index contributed by atoms with van der Waals surface area (Å²) in [5, 5.41) is 12.1. The van der Waals surface area contributed by atoms with Gasteiger partial charge in [0.1, 0.15) is 5.69 Å². The van der Waals surface area contributed by atoms with Crippen LogP contribution in [-0.4, -0.2) is 40.5 Å². The van der Waals surface area contributed by atoms with Crippen LogP contribution in [0, 0.1) is 0 Å². The summed E-state index contributed by atoms with van der Waals surface area (Å²) in [5.74, 6) is 0.867. The van der Waals surface area contributed by atoms with Gasteiger partial charge in [-0.2, -0.15) is 10.2 Å². The van der Waals surface area contributed by atoms with E-state index < -0.39 is 0 Å². The van der Waals surface area contributed by atoms with Crippen LogP contribution < -0.4 is 14.9 Å². The predicted octanol–water partition coefficient (Wildman–Crippen LogP) is 4.12. The molecule has 3 N–H and O–H groups in total. The van der Waals surface area contributed by atoms with Crippen LogP contribution in [0.25, 0.3) is 22.2 Å². The second-order valence-electron chi connectivity index (χ2n) is 7.19. The molecule has 0 aliphatic heterocycles. The number of methoxy groups -OCH3 is 1. The molecule has 0 spiro atoms. The van der Waals surface area contributed by atoms with Crippen LogP contribution in [0.15, 0.2) is 59.8 Å². The highest BCUT2D eigenvalue weighted by atomic mass is 16.5. The number of benzene rings is 2. The van der Waals surface area contributed by atoms with E-state index in [0.29, 0.717) is 22.9 Å². The lowest BCUT2D eigenvalue weighted by atomic mass is 10.1. The lowest BCUT2D eigenvalue weighted by molar-refractivity contribution is 0.0950. The fourth-order valence-electron chi connectivity index (χ4n) is 3.19. The van der Waals surface area contributed by atoms with Crippen molar-refractivity contribution >= 4 is 23.0 Å². The maximum Gasteiger partial charge on any atom is 0.289 e. The summed E-state index contributed by atoms with van der Waals surface area (Å²) in [5.41, 5.74) is 6.12. The molecule has 2 heterocycles. The lowest BCUT2D eigenvalue weighted by Gasteiger charge is -2.14. The van der Waals surface area contributed by atoms with Crippen LogP contribution in [0.5, 0.6) is 11.5 Å². The van der Waals surface area contributed by atoms with Crippen molar-refractivity contribution in [2.24, 2.45) is 5.10 Å². The number of hydrogen-bond donors (Lipinski definition) is 3. The Morgan fingerprint density at radius 3 is 2.81 bits per heavy atom. The van der Waals surface area contributed by atoms with E-state index in [1.807, 2.05) is 62.5 Å². The summed E-state index contributed by atoms with van der Waals surface area (Å²) < 4.78 is 11.2. The minimum atomic E-state index is -0.387. The quantitative estimate of drug-likeness (QED) is 0.311. The third-order valence-corrected chi connectivity index (χ3v) is 4.64. The highest BCUT2D eigenvalue weighted by Gasteiger charge is 2.13. The van der Waals surface area contributed by atoms with Gasteiger partial charge < -0.3 is 14.5 Å². The Morgan fingerprint density at radius 1 is 1.16 bits per heavy atom. The molecule has 0 atom stereocenters. The Balaban J connectivity index is 1.46. The molecule has 8 nitrogen and oxygen atoms in total. The fraction of sp³-hybridized carbons (Fsp3) is 0.174. The third-order valence-electron chi connectivity index (χ3n) is 4.64. The first-order valence-corrected chi connectivity index (χ1v) is 9.85. The highest BCUT2D eigenvalue weighted by molar-refractivity contribution is 6.00. The molecular weight excluding hydrogens is 394 g/mol. The molecule has 0 aliphatic carbocycles. The largest absolute Gasteiger partial charge is 0.493 e. The Hall–Kier alpha value is -4.07. The Bertz CT molecular complexity index is 1240. The first-order chi connectivity index (χ1) is 15.0. The van der Waals surface area contributed by atoms with Crippen molar-refractivity contribution < 1.29 is 14.3 Å². The van der Waals surface area contributed by atoms with Gasteiger partial charge in [0.05, 0.1) is 25.1 Å². The third kappa shape index (κ3) is 4.42. The number of H-pyrrole nitrogens is 2. The maximum atomic E-state index is 12.4. The van der Waals surface area contributed by atoms with Crippen molar-refractivity contribution in [3.8, 4) is 22.8 Å². The molecular formula is C23H23N5O3. The first-order valence-electron chi connectivity index (χ1n) is 9.85. The van der Waals surface area contributed by atoms with Gasteiger partial charge in [0.2, 0.25) is 0 Å². The van der Waals surface area contributed by atoms with Crippen LogP contribution in [0.2, 0.25) is 0 Å². The molecule has 0 bridgehead atoms. The minimum Gasteiger partial charge on any atom is -0.493 e. The van der Waals surface area contributed by atoms with E-state index in [1.54, 1.807) is 19.4 Å². The van der Waals surface area contributed by atoms with Gasteiger partial charge in [-0.15, -0.1) is 0 Å². The number of para-hydroxylation sites is 1. The second-order valence-corrected chi connectivity index (χ2v) is 7.19. The highest BCUT2D eigenvalue weighted by Crippen LogP contribution is 2.32. The van der Waals surface area contributed by atoms with Crippen LogP contribution in [-0.2, 0) is 0 Å². The SMILES string of the molecule is COc1cc(-c2cc(C(=O)NN=Cc3c[nH]c4ccccc34)[nH]n2)ccc1OC(C)C. The molecule has 0 saturated heterocycles. The van der Waals surface area contributed by atoms with E-state index in [0.717, 1.165) is 22.0 Å². The number of ether oxygens (including phenoxy) is 2. The summed E-state index contributed by atoms with van der Waals surface area (Å²) in [6.07, 6.45) is 3.48. The van der Waals surface area contributed by atoms with Gasteiger partial charge in [0, 0.05) is 28.2 Å². The number of fused-ring (bicyclic) bond motifs is 1. The van der Waals surface area contributed by atoms with E-state index in [9.17, 15) is 4.79 Å². The molecule has 2 aromatic heterocycles. The van der Waals surface area contributed by atoms with Crippen molar-refractivity contribution in [2.45, 2.75) is 20.0 Å². The summed E-state index contributed by atoms with van der Waals surface area (Å²) >= 11 is 0. The summed E-state index contributed by atoms with van der Waals surface area (Å²) in [6.45, 7) is 3.90. The molecule has 0 unspecified atom stereocenters. The van der Waals surface area contributed by atoms with Crippen molar-refractivity contribution in [2.75, 3.05) is 7.11 Å². The zero-order valence-electron chi connectivity index (χ0n) is 17.5. The maximum absolute atomic E-state index is 12.4. The summed E-state index contributed by atoms with van der Waals surface area (Å²) in [6, 6.07) is 15.1. The number of rotatable bonds is 7. The van der Waals surface area contributed by atoms with Gasteiger partial charge in [0.15, 0.2) is 11.5 Å². The summed E-state index contributed by atoms with van der Waals surface area (Å²) in [7, 11) is 1.58. The van der Waals surface area contributed by atoms with Crippen LogP contribution in [0.3, 0.4) is 0 Å². The normalized spacial score (nSPS) is 11.4. The zero-order valence-corrected chi connectivity index (χ0v) is 17.5. The number of hydrogen-bond acceptors (Lipinski definition) is 5. The van der Waals surface area contributed by atoms with Crippen LogP contribution >= 0.6 is 0 Å². The summed E-state index contributed by atoms with van der Waals surface area (Å²) in [4.78, 5) is 15.6. The average Bonchev–Trinajstić information content (AvgIpc) is 3.41. The Labute approximate surface area is 179 Å². The molecule has 158 valence electrons. The molecule has 0 fully saturated rings. The smallest absolute Gasteiger partial charge is 0.289 e. The van der Waals surface area contributed by atoms with Gasteiger partial charge >= 0.3 is 0 Å². The number of aromatic amines is 2. The molecule has 31 heavy (non-hydrogen) atoms. The van der Waals surface area contributed by atoms with Crippen molar-refractivity contribution in [1.82, 2.24) is 20.6 Å². The van der Waals surface area contributed by atoms with E-state index >= 15 is 0 Å². The van der Waals surface area contributed by atoms with Crippen molar-refractivity contribution in [3.63, 3.8) is 0 Å². The number of nitrogens with zero attached hydrogens (tertiary/aromatic N) is 2. The Kier molecular flexibility index (Phi) is 5.70. The first kappa shape index (κ1) is 20.2. The standard InChI is InChI=1S/C23H23N5O3/c1-14(2)31-21-9-8-15(10-22(21)30-3)19-11-20(27-26-19)23(29)28-25-13-16-12-24-18-7-5-4-6-17(16)18/h4-14,24H,1-3H3,(H,26,27)(H,28,29). The van der Waals surface area contributed by atoms with Crippen LogP contribution in [0.4, 0.5) is 0 Å². The van der Waals surface area contributed by atoms with Crippen molar-refractivity contribution in [1.29, 1.82) is 0 Å². The number of hydrazone groups is 1. The van der Waals surface area contributed by atoms with E-state index in [1.165, 1.54) is 0 Å². The second kappa shape index (κ2) is 8.74. The monoisotopic (exact) mass is 417 g/mol. The van der Waals surface area contributed by atoms with Gasteiger partial charge in [0.25, 0.3) is 5.91 Å². The lowest BCUT2D eigenvalue weighted by Crippen LogP contribution is -2.17. The Morgan fingerprint density at radius 2 is 2.00 bits per heavy atom.